The van der Waals surface area contributed by atoms with Gasteiger partial charge in [0, 0.05) is 6.07 Å². The molecule has 5 heteroatoms. The Morgan fingerprint density at radius 3 is 2.56 bits per heavy atom. The first-order chi connectivity index (χ1) is 8.69. The van der Waals surface area contributed by atoms with Gasteiger partial charge in [-0.25, -0.2) is 4.39 Å². The summed E-state index contributed by atoms with van der Waals surface area (Å²) < 4.78 is 19.3. The van der Waals surface area contributed by atoms with Gasteiger partial charge in [0.25, 0.3) is 0 Å². The first kappa shape index (κ1) is 12.6. The van der Waals surface area contributed by atoms with Gasteiger partial charge >= 0.3 is 0 Å². The molecule has 0 aliphatic heterocycles. The number of benzene rings is 2. The van der Waals surface area contributed by atoms with E-state index < -0.39 is 0 Å². The molecule has 0 saturated heterocycles. The normalized spacial score (nSPS) is 10.8. The molecule has 0 bridgehead atoms. The van der Waals surface area contributed by atoms with Crippen molar-refractivity contribution in [1.29, 1.82) is 0 Å². The van der Waals surface area contributed by atoms with Crippen molar-refractivity contribution in [3.63, 3.8) is 0 Å². The van der Waals surface area contributed by atoms with Gasteiger partial charge < -0.3 is 9.94 Å². The van der Waals surface area contributed by atoms with Gasteiger partial charge in [0.2, 0.25) is 0 Å². The summed E-state index contributed by atoms with van der Waals surface area (Å²) in [4.78, 5) is 0. The van der Waals surface area contributed by atoms with Crippen LogP contribution >= 0.6 is 15.9 Å². The predicted octanol–water partition coefficient (Wildman–Crippen LogP) is 4.19. The van der Waals surface area contributed by atoms with Crippen molar-refractivity contribution in [2.75, 3.05) is 0 Å². The number of nitrogens with zero attached hydrogens (tertiary/aromatic N) is 1. The third-order valence-corrected chi connectivity index (χ3v) is 2.86. The lowest BCUT2D eigenvalue weighted by atomic mass is 10.2. The molecule has 0 radical (unpaired) electrons. The van der Waals surface area contributed by atoms with Gasteiger partial charge in [-0.05, 0) is 57.9 Å². The van der Waals surface area contributed by atoms with E-state index in [1.807, 2.05) is 0 Å². The molecule has 0 aromatic heterocycles. The summed E-state index contributed by atoms with van der Waals surface area (Å²) in [5.74, 6) is 0.604. The third-order valence-electron chi connectivity index (χ3n) is 2.21. The Bertz CT molecular complexity index is 570. The fourth-order valence-electron chi connectivity index (χ4n) is 1.37. The molecule has 0 aliphatic rings. The molecule has 0 aliphatic carbocycles. The van der Waals surface area contributed by atoms with Crippen LogP contribution in [0.2, 0.25) is 0 Å². The van der Waals surface area contributed by atoms with Crippen LogP contribution in [-0.2, 0) is 0 Å². The highest BCUT2D eigenvalue weighted by Gasteiger charge is 2.04. The average molecular weight is 310 g/mol. The van der Waals surface area contributed by atoms with Crippen molar-refractivity contribution >= 4 is 22.1 Å². The summed E-state index contributed by atoms with van der Waals surface area (Å²) in [6.07, 6.45) is 1.31. The van der Waals surface area contributed by atoms with Crippen molar-refractivity contribution < 1.29 is 14.3 Å². The molecular weight excluding hydrogens is 301 g/mol. The summed E-state index contributed by atoms with van der Waals surface area (Å²) in [5.41, 5.74) is 0.739. The second-order valence-electron chi connectivity index (χ2n) is 3.49. The fraction of sp³-hybridized carbons (Fsp3) is 0. The van der Waals surface area contributed by atoms with Crippen LogP contribution in [0.15, 0.2) is 52.1 Å². The van der Waals surface area contributed by atoms with Crippen LogP contribution in [0.1, 0.15) is 5.56 Å². The molecule has 0 spiro atoms. The van der Waals surface area contributed by atoms with Crippen molar-refractivity contribution in [3.8, 4) is 11.5 Å². The van der Waals surface area contributed by atoms with Gasteiger partial charge in [-0.3, -0.25) is 0 Å². The topological polar surface area (TPSA) is 41.8 Å². The lowest BCUT2D eigenvalue weighted by Crippen LogP contribution is -1.88. The van der Waals surface area contributed by atoms with Crippen LogP contribution in [-0.4, -0.2) is 11.4 Å². The molecule has 18 heavy (non-hydrogen) atoms. The molecule has 0 fully saturated rings. The molecular formula is C13H9BrFNO2. The van der Waals surface area contributed by atoms with Crippen LogP contribution in [0.3, 0.4) is 0 Å². The highest BCUT2D eigenvalue weighted by atomic mass is 79.9. The standard InChI is InChI=1S/C13H9BrFNO2/c14-12-6-3-10(15)7-13(12)18-11-4-1-9(2-5-11)8-16-17/h1-8,17H. The quantitative estimate of drug-likeness (QED) is 0.525. The molecule has 2 aromatic carbocycles. The van der Waals surface area contributed by atoms with E-state index in [2.05, 4.69) is 21.1 Å². The molecule has 0 atom stereocenters. The van der Waals surface area contributed by atoms with E-state index in [4.69, 9.17) is 9.94 Å². The van der Waals surface area contributed by atoms with Crippen LogP contribution in [0.25, 0.3) is 0 Å². The van der Waals surface area contributed by atoms with Crippen molar-refractivity contribution in [3.05, 3.63) is 58.3 Å². The Morgan fingerprint density at radius 1 is 1.17 bits per heavy atom. The molecule has 0 heterocycles. The van der Waals surface area contributed by atoms with Crippen LogP contribution < -0.4 is 4.74 Å². The first-order valence-corrected chi connectivity index (χ1v) is 5.89. The number of ether oxygens (including phenoxy) is 1. The fourth-order valence-corrected chi connectivity index (χ4v) is 1.70. The maximum Gasteiger partial charge on any atom is 0.144 e. The molecule has 2 rings (SSSR count). The van der Waals surface area contributed by atoms with E-state index in [-0.39, 0.29) is 5.82 Å². The molecule has 1 N–H and O–H groups in total. The Kier molecular flexibility index (Phi) is 3.94. The number of halogens is 2. The Labute approximate surface area is 112 Å². The Balaban J connectivity index is 2.20. The van der Waals surface area contributed by atoms with E-state index in [0.717, 1.165) is 5.56 Å². The van der Waals surface area contributed by atoms with Crippen molar-refractivity contribution in [2.45, 2.75) is 0 Å². The van der Waals surface area contributed by atoms with Gasteiger partial charge in [-0.2, -0.15) is 0 Å². The molecule has 0 saturated carbocycles. The predicted molar refractivity (Wildman–Crippen MR) is 70.0 cm³/mol. The summed E-state index contributed by atoms with van der Waals surface area (Å²) in [6, 6.07) is 11.1. The zero-order chi connectivity index (χ0) is 13.0. The summed E-state index contributed by atoms with van der Waals surface area (Å²) in [5, 5.41) is 11.3. The lowest BCUT2D eigenvalue weighted by molar-refractivity contribution is 0.322. The van der Waals surface area contributed by atoms with E-state index in [1.165, 1.54) is 18.3 Å². The minimum atomic E-state index is -0.364. The van der Waals surface area contributed by atoms with Gasteiger partial charge in [-0.15, -0.1) is 0 Å². The van der Waals surface area contributed by atoms with Crippen molar-refractivity contribution in [1.82, 2.24) is 0 Å². The van der Waals surface area contributed by atoms with E-state index in [0.29, 0.717) is 16.0 Å². The molecule has 2 aromatic rings. The SMILES string of the molecule is ON=Cc1ccc(Oc2cc(F)ccc2Br)cc1. The van der Waals surface area contributed by atoms with E-state index in [1.54, 1.807) is 30.3 Å². The smallest absolute Gasteiger partial charge is 0.144 e. The van der Waals surface area contributed by atoms with Gasteiger partial charge in [-0.1, -0.05) is 5.16 Å². The second-order valence-corrected chi connectivity index (χ2v) is 4.34. The first-order valence-electron chi connectivity index (χ1n) is 5.09. The van der Waals surface area contributed by atoms with Crippen LogP contribution in [0.4, 0.5) is 4.39 Å². The molecule has 3 nitrogen and oxygen atoms in total. The highest BCUT2D eigenvalue weighted by molar-refractivity contribution is 9.10. The largest absolute Gasteiger partial charge is 0.456 e. The minimum absolute atomic E-state index is 0.364. The number of rotatable bonds is 3. The summed E-state index contributed by atoms with van der Waals surface area (Å²) in [6.45, 7) is 0. The Morgan fingerprint density at radius 2 is 1.89 bits per heavy atom. The monoisotopic (exact) mass is 309 g/mol. The molecule has 0 amide bonds. The lowest BCUT2D eigenvalue weighted by Gasteiger charge is -2.07. The van der Waals surface area contributed by atoms with Crippen LogP contribution in [0, 0.1) is 5.82 Å². The summed E-state index contributed by atoms with van der Waals surface area (Å²) in [7, 11) is 0. The van der Waals surface area contributed by atoms with Crippen molar-refractivity contribution in [2.24, 2.45) is 5.16 Å². The van der Waals surface area contributed by atoms with Gasteiger partial charge in [0.15, 0.2) is 0 Å². The maximum absolute atomic E-state index is 13.1. The molecule has 92 valence electrons. The van der Waals surface area contributed by atoms with Gasteiger partial charge in [0.1, 0.15) is 17.3 Å². The Hall–Kier alpha value is -1.88. The highest BCUT2D eigenvalue weighted by Crippen LogP contribution is 2.30. The van der Waals surface area contributed by atoms with Crippen LogP contribution in [0.5, 0.6) is 11.5 Å². The van der Waals surface area contributed by atoms with E-state index in [9.17, 15) is 4.39 Å². The summed E-state index contributed by atoms with van der Waals surface area (Å²) >= 11 is 3.28. The zero-order valence-corrected chi connectivity index (χ0v) is 10.8. The number of hydrogen-bond acceptors (Lipinski definition) is 3. The third kappa shape index (κ3) is 3.07. The number of hydrogen-bond donors (Lipinski definition) is 1. The number of oxime groups is 1. The van der Waals surface area contributed by atoms with Gasteiger partial charge in [0.05, 0.1) is 10.7 Å². The zero-order valence-electron chi connectivity index (χ0n) is 9.18. The second kappa shape index (κ2) is 5.64. The average Bonchev–Trinajstić information content (AvgIpc) is 2.37. The molecule has 0 unspecified atom stereocenters. The van der Waals surface area contributed by atoms with E-state index >= 15 is 0 Å². The minimum Gasteiger partial charge on any atom is -0.456 e. The maximum atomic E-state index is 13.1.